The number of ether oxygens (including phenoxy) is 2. The fraction of sp³-hybridized carbons (Fsp3) is 0.625. The van der Waals surface area contributed by atoms with Gasteiger partial charge in [0.2, 0.25) is 0 Å². The van der Waals surface area contributed by atoms with Gasteiger partial charge in [-0.3, -0.25) is 0 Å². The monoisotopic (exact) mass is 326 g/mol. The molecule has 0 N–H and O–H groups in total. The number of halogens is 1. The molecule has 19 heavy (non-hydrogen) atoms. The second-order valence-corrected chi connectivity index (χ2v) is 6.14. The zero-order valence-electron chi connectivity index (χ0n) is 11.6. The molecule has 0 saturated carbocycles. The maximum atomic E-state index is 5.92. The van der Waals surface area contributed by atoms with E-state index in [-0.39, 0.29) is 5.60 Å². The molecule has 2 nitrogen and oxygen atoms in total. The maximum Gasteiger partial charge on any atom is 0.0783 e. The van der Waals surface area contributed by atoms with Crippen molar-refractivity contribution in [3.05, 3.63) is 35.9 Å². The van der Waals surface area contributed by atoms with Gasteiger partial charge in [-0.25, -0.2) is 0 Å². The standard InChI is InChI=1S/C16H23BrO2/c1-14(10-16(13-17)8-5-9-19-16)11-18-12-15-6-3-2-4-7-15/h2-4,6-7,14H,5,8-13H2,1H3. The molecule has 0 aliphatic carbocycles. The molecule has 0 amide bonds. The smallest absolute Gasteiger partial charge is 0.0783 e. The highest BCUT2D eigenvalue weighted by Gasteiger charge is 2.35. The molecule has 0 spiro atoms. The van der Waals surface area contributed by atoms with Crippen LogP contribution in [0.15, 0.2) is 30.3 Å². The molecule has 106 valence electrons. The average Bonchev–Trinajstić information content (AvgIpc) is 2.89. The molecule has 0 radical (unpaired) electrons. The zero-order chi connectivity index (χ0) is 13.6. The molecule has 0 aromatic heterocycles. The Kier molecular flexibility index (Phi) is 5.86. The fourth-order valence-corrected chi connectivity index (χ4v) is 3.39. The van der Waals surface area contributed by atoms with E-state index in [1.54, 1.807) is 0 Å². The summed E-state index contributed by atoms with van der Waals surface area (Å²) in [6.45, 7) is 4.65. The third-order valence-electron chi connectivity index (χ3n) is 3.66. The van der Waals surface area contributed by atoms with Crippen molar-refractivity contribution in [1.29, 1.82) is 0 Å². The number of hydrogen-bond acceptors (Lipinski definition) is 2. The second kappa shape index (κ2) is 7.41. The first-order chi connectivity index (χ1) is 9.24. The Balaban J connectivity index is 1.71. The van der Waals surface area contributed by atoms with E-state index in [9.17, 15) is 0 Å². The lowest BCUT2D eigenvalue weighted by Gasteiger charge is -2.29. The van der Waals surface area contributed by atoms with Crippen LogP contribution < -0.4 is 0 Å². The van der Waals surface area contributed by atoms with Crippen molar-refractivity contribution in [1.82, 2.24) is 0 Å². The summed E-state index contributed by atoms with van der Waals surface area (Å²) in [6, 6.07) is 10.3. The zero-order valence-corrected chi connectivity index (χ0v) is 13.2. The van der Waals surface area contributed by atoms with Gasteiger partial charge < -0.3 is 9.47 Å². The molecule has 1 heterocycles. The minimum absolute atomic E-state index is 0.0511. The van der Waals surface area contributed by atoms with Crippen molar-refractivity contribution in [2.24, 2.45) is 5.92 Å². The molecule has 2 rings (SSSR count). The van der Waals surface area contributed by atoms with Crippen LogP contribution in [-0.2, 0) is 16.1 Å². The van der Waals surface area contributed by atoms with Gasteiger partial charge in [0.25, 0.3) is 0 Å². The first kappa shape index (κ1) is 15.0. The molecule has 1 saturated heterocycles. The molecule has 3 heteroatoms. The summed E-state index contributed by atoms with van der Waals surface area (Å²) in [7, 11) is 0. The lowest BCUT2D eigenvalue weighted by molar-refractivity contribution is -0.00861. The van der Waals surface area contributed by atoms with E-state index in [1.807, 2.05) is 18.2 Å². The topological polar surface area (TPSA) is 18.5 Å². The molecular weight excluding hydrogens is 304 g/mol. The first-order valence-corrected chi connectivity index (χ1v) is 8.18. The van der Waals surface area contributed by atoms with Gasteiger partial charge in [0.1, 0.15) is 0 Å². The molecule has 2 unspecified atom stereocenters. The van der Waals surface area contributed by atoms with Gasteiger partial charge in [-0.2, -0.15) is 0 Å². The van der Waals surface area contributed by atoms with Crippen LogP contribution in [0.1, 0.15) is 31.7 Å². The van der Waals surface area contributed by atoms with E-state index in [0.717, 1.165) is 25.0 Å². The number of rotatable bonds is 7. The normalized spacial score (nSPS) is 24.5. The minimum atomic E-state index is 0.0511. The number of alkyl halides is 1. The molecule has 0 bridgehead atoms. The van der Waals surface area contributed by atoms with E-state index in [4.69, 9.17) is 9.47 Å². The molecular formula is C16H23BrO2. The predicted octanol–water partition coefficient (Wildman–Crippen LogP) is 4.17. The van der Waals surface area contributed by atoms with Gasteiger partial charge in [-0.15, -0.1) is 0 Å². The van der Waals surface area contributed by atoms with Crippen LogP contribution in [0.2, 0.25) is 0 Å². The fourth-order valence-electron chi connectivity index (χ4n) is 2.72. The highest BCUT2D eigenvalue weighted by atomic mass is 79.9. The van der Waals surface area contributed by atoms with Crippen molar-refractivity contribution in [2.75, 3.05) is 18.5 Å². The summed E-state index contributed by atoms with van der Waals surface area (Å²) in [5, 5.41) is 0.934. The molecule has 1 aliphatic rings. The van der Waals surface area contributed by atoms with Crippen LogP contribution in [0, 0.1) is 5.92 Å². The van der Waals surface area contributed by atoms with Crippen LogP contribution in [0.5, 0.6) is 0 Å². The summed E-state index contributed by atoms with van der Waals surface area (Å²) in [6.07, 6.45) is 3.43. The molecule has 1 aromatic rings. The lowest BCUT2D eigenvalue weighted by Crippen LogP contribution is -2.33. The maximum absolute atomic E-state index is 5.92. The van der Waals surface area contributed by atoms with Crippen molar-refractivity contribution in [3.63, 3.8) is 0 Å². The van der Waals surface area contributed by atoms with E-state index in [1.165, 1.54) is 18.4 Å². The molecule has 1 aliphatic heterocycles. The number of hydrogen-bond donors (Lipinski definition) is 0. The van der Waals surface area contributed by atoms with Crippen LogP contribution in [0.4, 0.5) is 0 Å². The van der Waals surface area contributed by atoms with Gasteiger partial charge in [0, 0.05) is 18.5 Å². The van der Waals surface area contributed by atoms with Crippen LogP contribution in [0.3, 0.4) is 0 Å². The average molecular weight is 327 g/mol. The summed E-state index contributed by atoms with van der Waals surface area (Å²) < 4.78 is 11.7. The highest BCUT2D eigenvalue weighted by molar-refractivity contribution is 9.09. The Morgan fingerprint density at radius 2 is 2.16 bits per heavy atom. The van der Waals surface area contributed by atoms with Crippen molar-refractivity contribution >= 4 is 15.9 Å². The largest absolute Gasteiger partial charge is 0.376 e. The first-order valence-electron chi connectivity index (χ1n) is 7.06. The van der Waals surface area contributed by atoms with E-state index < -0.39 is 0 Å². The Morgan fingerprint density at radius 1 is 1.37 bits per heavy atom. The summed E-state index contributed by atoms with van der Waals surface area (Å²) in [5.74, 6) is 0.527. The van der Waals surface area contributed by atoms with Crippen LogP contribution in [-0.4, -0.2) is 24.1 Å². The minimum Gasteiger partial charge on any atom is -0.376 e. The van der Waals surface area contributed by atoms with Gasteiger partial charge in [0.15, 0.2) is 0 Å². The SMILES string of the molecule is CC(COCc1ccccc1)CC1(CBr)CCCO1. The lowest BCUT2D eigenvalue weighted by atomic mass is 9.91. The Morgan fingerprint density at radius 3 is 2.79 bits per heavy atom. The van der Waals surface area contributed by atoms with Crippen molar-refractivity contribution < 1.29 is 9.47 Å². The van der Waals surface area contributed by atoms with E-state index in [2.05, 4.69) is 35.0 Å². The van der Waals surface area contributed by atoms with Gasteiger partial charge in [-0.05, 0) is 30.7 Å². The highest BCUT2D eigenvalue weighted by Crippen LogP contribution is 2.33. The van der Waals surface area contributed by atoms with Gasteiger partial charge in [0.05, 0.1) is 12.2 Å². The number of benzene rings is 1. The Hall–Kier alpha value is -0.380. The van der Waals surface area contributed by atoms with Crippen LogP contribution in [0.25, 0.3) is 0 Å². The van der Waals surface area contributed by atoms with Crippen molar-refractivity contribution in [3.8, 4) is 0 Å². The quantitative estimate of drug-likeness (QED) is 0.700. The van der Waals surface area contributed by atoms with Gasteiger partial charge in [-0.1, -0.05) is 53.2 Å². The Labute approximate surface area is 124 Å². The summed E-state index contributed by atoms with van der Waals surface area (Å²) in [4.78, 5) is 0. The Bertz CT molecular complexity index is 360. The summed E-state index contributed by atoms with van der Waals surface area (Å²) >= 11 is 3.60. The second-order valence-electron chi connectivity index (χ2n) is 5.58. The van der Waals surface area contributed by atoms with E-state index in [0.29, 0.717) is 12.5 Å². The third kappa shape index (κ3) is 4.59. The third-order valence-corrected chi connectivity index (χ3v) is 4.68. The molecule has 1 aromatic carbocycles. The van der Waals surface area contributed by atoms with Crippen LogP contribution >= 0.6 is 15.9 Å². The molecule has 2 atom stereocenters. The van der Waals surface area contributed by atoms with Crippen molar-refractivity contribution in [2.45, 2.75) is 38.4 Å². The summed E-state index contributed by atoms with van der Waals surface area (Å²) in [5.41, 5.74) is 1.29. The van der Waals surface area contributed by atoms with Gasteiger partial charge >= 0.3 is 0 Å². The predicted molar refractivity (Wildman–Crippen MR) is 81.6 cm³/mol. The van der Waals surface area contributed by atoms with E-state index >= 15 is 0 Å². The molecule has 1 fully saturated rings.